The van der Waals surface area contributed by atoms with Gasteiger partial charge >= 0.3 is 5.97 Å². The van der Waals surface area contributed by atoms with Gasteiger partial charge < -0.3 is 14.5 Å². The molecule has 1 saturated heterocycles. The Hall–Kier alpha value is -2.60. The number of ether oxygens (including phenoxy) is 1. The van der Waals surface area contributed by atoms with Crippen LogP contribution in [0.5, 0.6) is 0 Å². The van der Waals surface area contributed by atoms with Gasteiger partial charge in [0, 0.05) is 37.6 Å². The average molecular weight is 388 g/mol. The molecule has 2 heterocycles. The molecule has 0 aliphatic carbocycles. The Bertz CT molecular complexity index is 811. The molecule has 1 aromatic heterocycles. The molecule has 0 saturated carbocycles. The molecule has 0 unspecified atom stereocenters. The lowest BCUT2D eigenvalue weighted by atomic mass is 10.1. The maximum Gasteiger partial charge on any atom is 0.342 e. The molecular weight excluding hydrogens is 366 g/mol. The highest BCUT2D eigenvalue weighted by Crippen LogP contribution is 2.20. The summed E-state index contributed by atoms with van der Waals surface area (Å²) in [4.78, 5) is 32.7. The van der Waals surface area contributed by atoms with Crippen molar-refractivity contribution in [3.8, 4) is 0 Å². The quantitative estimate of drug-likeness (QED) is 0.596. The van der Waals surface area contributed by atoms with Crippen LogP contribution in [0.2, 0.25) is 5.15 Å². The van der Waals surface area contributed by atoms with Crippen molar-refractivity contribution < 1.29 is 14.3 Å². The first-order valence-electron chi connectivity index (χ1n) is 8.84. The first-order chi connectivity index (χ1) is 13.0. The predicted octanol–water partition coefficient (Wildman–Crippen LogP) is 2.86. The van der Waals surface area contributed by atoms with Gasteiger partial charge in [-0.25, -0.2) is 9.78 Å². The lowest BCUT2D eigenvalue weighted by Gasteiger charge is -2.36. The van der Waals surface area contributed by atoms with Gasteiger partial charge in [0.15, 0.2) is 6.61 Å². The highest BCUT2D eigenvalue weighted by atomic mass is 35.5. The van der Waals surface area contributed by atoms with Crippen LogP contribution in [0, 0.1) is 13.8 Å². The van der Waals surface area contributed by atoms with Crippen molar-refractivity contribution in [2.45, 2.75) is 13.8 Å². The van der Waals surface area contributed by atoms with Crippen molar-refractivity contribution in [2.24, 2.45) is 0 Å². The number of hydrogen-bond acceptors (Lipinski definition) is 5. The normalized spacial score (nSPS) is 14.2. The Labute approximate surface area is 163 Å². The summed E-state index contributed by atoms with van der Waals surface area (Å²) in [5, 5.41) is 0.0985. The number of piperazine rings is 1. The zero-order chi connectivity index (χ0) is 19.4. The lowest BCUT2D eigenvalue weighted by Crippen LogP contribution is -2.49. The minimum Gasteiger partial charge on any atom is -0.452 e. The molecule has 7 heteroatoms. The molecule has 1 aromatic carbocycles. The zero-order valence-electron chi connectivity index (χ0n) is 15.4. The predicted molar refractivity (Wildman–Crippen MR) is 104 cm³/mol. The zero-order valence-corrected chi connectivity index (χ0v) is 16.2. The van der Waals surface area contributed by atoms with E-state index in [9.17, 15) is 9.59 Å². The van der Waals surface area contributed by atoms with Crippen LogP contribution in [-0.2, 0) is 9.53 Å². The van der Waals surface area contributed by atoms with E-state index in [4.69, 9.17) is 16.3 Å². The van der Waals surface area contributed by atoms with Crippen LogP contribution in [0.3, 0.4) is 0 Å². The van der Waals surface area contributed by atoms with Crippen molar-refractivity contribution in [3.63, 3.8) is 0 Å². The molecule has 0 bridgehead atoms. The fraction of sp³-hybridized carbons (Fsp3) is 0.350. The fourth-order valence-electron chi connectivity index (χ4n) is 3.18. The number of carbonyl (C=O) groups is 2. The SMILES string of the molecule is Cc1cc(C)c(C(=O)OCC(=O)N2CCN(c3ccccc3)CC2)c(Cl)n1. The van der Waals surface area contributed by atoms with E-state index in [1.165, 1.54) is 0 Å². The van der Waals surface area contributed by atoms with Crippen LogP contribution in [0.15, 0.2) is 36.4 Å². The van der Waals surface area contributed by atoms with E-state index in [1.807, 2.05) is 18.2 Å². The molecule has 1 aliphatic rings. The van der Waals surface area contributed by atoms with E-state index in [2.05, 4.69) is 22.0 Å². The molecule has 142 valence electrons. The highest BCUT2D eigenvalue weighted by molar-refractivity contribution is 6.32. The number of halogens is 1. The molecule has 0 N–H and O–H groups in total. The Morgan fingerprint density at radius 2 is 1.78 bits per heavy atom. The van der Waals surface area contributed by atoms with Crippen LogP contribution in [0.4, 0.5) is 5.69 Å². The Morgan fingerprint density at radius 1 is 1.11 bits per heavy atom. The molecule has 1 aliphatic heterocycles. The average Bonchev–Trinajstić information content (AvgIpc) is 2.66. The Balaban J connectivity index is 1.52. The minimum absolute atomic E-state index is 0.0985. The van der Waals surface area contributed by atoms with Gasteiger partial charge in [-0.1, -0.05) is 29.8 Å². The van der Waals surface area contributed by atoms with Gasteiger partial charge in [0.2, 0.25) is 0 Å². The van der Waals surface area contributed by atoms with E-state index in [0.717, 1.165) is 24.5 Å². The van der Waals surface area contributed by atoms with Crippen LogP contribution in [-0.4, -0.2) is 54.5 Å². The van der Waals surface area contributed by atoms with Crippen LogP contribution in [0.1, 0.15) is 21.6 Å². The van der Waals surface area contributed by atoms with E-state index in [-0.39, 0.29) is 23.2 Å². The number of aromatic nitrogens is 1. The Morgan fingerprint density at radius 3 is 2.41 bits per heavy atom. The molecular formula is C20H22ClN3O3. The van der Waals surface area contributed by atoms with E-state index < -0.39 is 5.97 Å². The van der Waals surface area contributed by atoms with Gasteiger partial charge in [0.25, 0.3) is 5.91 Å². The third kappa shape index (κ3) is 4.57. The standard InChI is InChI=1S/C20H22ClN3O3/c1-14-12-15(2)22-19(21)18(14)20(26)27-13-17(25)24-10-8-23(9-11-24)16-6-4-3-5-7-16/h3-7,12H,8-11,13H2,1-2H3. The third-order valence-electron chi connectivity index (χ3n) is 4.59. The molecule has 6 nitrogen and oxygen atoms in total. The van der Waals surface area contributed by atoms with Gasteiger partial charge in [-0.3, -0.25) is 4.79 Å². The Kier molecular flexibility index (Phi) is 5.96. The molecule has 0 atom stereocenters. The minimum atomic E-state index is -0.624. The van der Waals surface area contributed by atoms with Crippen LogP contribution >= 0.6 is 11.6 Å². The number of rotatable bonds is 4. The van der Waals surface area contributed by atoms with Crippen molar-refractivity contribution in [3.05, 3.63) is 58.4 Å². The second-order valence-corrected chi connectivity index (χ2v) is 6.88. The maximum absolute atomic E-state index is 12.4. The number of anilines is 1. The van der Waals surface area contributed by atoms with E-state index in [0.29, 0.717) is 18.7 Å². The number of carbonyl (C=O) groups excluding carboxylic acids is 2. The number of esters is 1. The number of benzene rings is 1. The number of aryl methyl sites for hydroxylation is 2. The number of amides is 1. The van der Waals surface area contributed by atoms with E-state index in [1.54, 1.807) is 24.8 Å². The summed E-state index contributed by atoms with van der Waals surface area (Å²) in [5.74, 6) is -0.828. The smallest absolute Gasteiger partial charge is 0.342 e. The monoisotopic (exact) mass is 387 g/mol. The second kappa shape index (κ2) is 8.39. The molecule has 3 rings (SSSR count). The summed E-state index contributed by atoms with van der Waals surface area (Å²) < 4.78 is 5.19. The maximum atomic E-state index is 12.4. The fourth-order valence-corrected chi connectivity index (χ4v) is 3.54. The van der Waals surface area contributed by atoms with Gasteiger partial charge in [-0.15, -0.1) is 0 Å². The van der Waals surface area contributed by atoms with Crippen molar-refractivity contribution in [1.82, 2.24) is 9.88 Å². The summed E-state index contributed by atoms with van der Waals surface area (Å²) in [6.07, 6.45) is 0. The molecule has 0 spiro atoms. The largest absolute Gasteiger partial charge is 0.452 e. The second-order valence-electron chi connectivity index (χ2n) is 6.53. The molecule has 1 fully saturated rings. The van der Waals surface area contributed by atoms with Crippen LogP contribution in [0.25, 0.3) is 0 Å². The van der Waals surface area contributed by atoms with Crippen molar-refractivity contribution in [2.75, 3.05) is 37.7 Å². The third-order valence-corrected chi connectivity index (χ3v) is 4.86. The number of hydrogen-bond donors (Lipinski definition) is 0. The molecule has 2 aromatic rings. The molecule has 1 amide bonds. The summed E-state index contributed by atoms with van der Waals surface area (Å²) in [6.45, 7) is 5.95. The van der Waals surface area contributed by atoms with Crippen molar-refractivity contribution in [1.29, 1.82) is 0 Å². The molecule has 0 radical (unpaired) electrons. The summed E-state index contributed by atoms with van der Waals surface area (Å²) in [6, 6.07) is 11.9. The summed E-state index contributed by atoms with van der Waals surface area (Å²) in [5.41, 5.74) is 2.76. The highest BCUT2D eigenvalue weighted by Gasteiger charge is 2.23. The van der Waals surface area contributed by atoms with Gasteiger partial charge in [-0.05, 0) is 37.6 Å². The van der Waals surface area contributed by atoms with E-state index >= 15 is 0 Å². The number of para-hydroxylation sites is 1. The van der Waals surface area contributed by atoms with Gasteiger partial charge in [0.1, 0.15) is 5.15 Å². The van der Waals surface area contributed by atoms with Crippen LogP contribution < -0.4 is 4.90 Å². The number of nitrogens with zero attached hydrogens (tertiary/aromatic N) is 3. The first kappa shape index (κ1) is 19.2. The summed E-state index contributed by atoms with van der Waals surface area (Å²) in [7, 11) is 0. The van der Waals surface area contributed by atoms with Crippen molar-refractivity contribution >= 4 is 29.2 Å². The summed E-state index contributed by atoms with van der Waals surface area (Å²) >= 11 is 6.06. The van der Waals surface area contributed by atoms with Gasteiger partial charge in [0.05, 0.1) is 5.56 Å². The lowest BCUT2D eigenvalue weighted by molar-refractivity contribution is -0.134. The topological polar surface area (TPSA) is 62.7 Å². The molecule has 27 heavy (non-hydrogen) atoms. The first-order valence-corrected chi connectivity index (χ1v) is 9.22. The number of pyridine rings is 1. The van der Waals surface area contributed by atoms with Gasteiger partial charge in [-0.2, -0.15) is 0 Å².